The molecule has 1 unspecified atom stereocenters. The van der Waals surface area contributed by atoms with Crippen LogP contribution in [0.15, 0.2) is 47.4 Å². The van der Waals surface area contributed by atoms with Crippen LogP contribution in [0.1, 0.15) is 27.6 Å². The van der Waals surface area contributed by atoms with E-state index in [0.717, 1.165) is 16.0 Å². The molecule has 0 aliphatic carbocycles. The fourth-order valence-corrected chi connectivity index (χ4v) is 6.10. The minimum absolute atomic E-state index is 0.0369. The van der Waals surface area contributed by atoms with E-state index in [9.17, 15) is 14.7 Å². The van der Waals surface area contributed by atoms with E-state index in [4.69, 9.17) is 44.3 Å². The van der Waals surface area contributed by atoms with Crippen LogP contribution in [0.4, 0.5) is 0 Å². The van der Waals surface area contributed by atoms with Gasteiger partial charge in [-0.3, -0.25) is 9.59 Å². The summed E-state index contributed by atoms with van der Waals surface area (Å²) in [5.74, 6) is -1.69. The van der Waals surface area contributed by atoms with Gasteiger partial charge in [-0.15, -0.1) is 11.3 Å². The first-order valence-electron chi connectivity index (χ1n) is 10.9. The van der Waals surface area contributed by atoms with E-state index in [1.807, 2.05) is 30.5 Å². The Hall–Kier alpha value is -2.71. The van der Waals surface area contributed by atoms with Crippen LogP contribution in [0.3, 0.4) is 0 Å². The van der Waals surface area contributed by atoms with Crippen molar-refractivity contribution in [1.29, 1.82) is 0 Å². The molecule has 2 heterocycles. The summed E-state index contributed by atoms with van der Waals surface area (Å²) >= 11 is 20.1. The third-order valence-corrected chi connectivity index (χ3v) is 7.99. The molecule has 1 saturated heterocycles. The van der Waals surface area contributed by atoms with Crippen molar-refractivity contribution >= 4 is 63.6 Å². The number of thiophene rings is 1. The lowest BCUT2D eigenvalue weighted by atomic mass is 9.97. The first-order valence-corrected chi connectivity index (χ1v) is 12.9. The van der Waals surface area contributed by atoms with Crippen molar-refractivity contribution in [3.05, 3.63) is 84.0 Å². The van der Waals surface area contributed by atoms with Crippen LogP contribution >= 0.6 is 46.1 Å². The highest BCUT2D eigenvalue weighted by Gasteiger charge is 2.47. The number of rotatable bonds is 7. The zero-order chi connectivity index (χ0) is 26.1. The second-order valence-electron chi connectivity index (χ2n) is 8.12. The number of Topliss-reactive ketones (excluding diaryl/α,β-unsaturated/α-hetero) is 1. The van der Waals surface area contributed by atoms with Crippen molar-refractivity contribution < 1.29 is 24.2 Å². The van der Waals surface area contributed by atoms with E-state index >= 15 is 0 Å². The van der Waals surface area contributed by atoms with Crippen LogP contribution in [0.2, 0.25) is 15.1 Å². The van der Waals surface area contributed by atoms with Gasteiger partial charge in [0.15, 0.2) is 11.5 Å². The van der Waals surface area contributed by atoms with E-state index in [1.165, 1.54) is 36.5 Å². The van der Waals surface area contributed by atoms with Crippen LogP contribution in [-0.2, 0) is 16.0 Å². The van der Waals surface area contributed by atoms with Crippen LogP contribution in [0.25, 0.3) is 5.76 Å². The van der Waals surface area contributed by atoms with Crippen molar-refractivity contribution in [3.63, 3.8) is 0 Å². The number of hydrogen-bond acceptors (Lipinski definition) is 6. The van der Waals surface area contributed by atoms with Gasteiger partial charge in [0.05, 0.1) is 36.4 Å². The lowest BCUT2D eigenvalue weighted by Crippen LogP contribution is -2.31. The number of aryl methyl sites for hydroxylation is 1. The number of likely N-dealkylation sites (tertiary alicyclic amines) is 1. The average molecular weight is 567 g/mol. The number of nitrogens with zero attached hydrogens (tertiary/aromatic N) is 1. The summed E-state index contributed by atoms with van der Waals surface area (Å²) in [6, 6.07) is 9.81. The number of ketones is 1. The molecule has 3 aromatic rings. The fourth-order valence-electron chi connectivity index (χ4n) is 4.24. The predicted octanol–water partition coefficient (Wildman–Crippen LogP) is 6.70. The second-order valence-corrected chi connectivity index (χ2v) is 10.3. The number of halogens is 3. The molecule has 1 atom stereocenters. The molecular weight excluding hydrogens is 545 g/mol. The summed E-state index contributed by atoms with van der Waals surface area (Å²) in [7, 11) is 2.77. The number of ether oxygens (including phenoxy) is 2. The van der Waals surface area contributed by atoms with E-state index < -0.39 is 23.5 Å². The Morgan fingerprint density at radius 2 is 1.72 bits per heavy atom. The molecule has 0 saturated carbocycles. The Balaban J connectivity index is 1.85. The maximum atomic E-state index is 13.3. The Morgan fingerprint density at radius 3 is 2.31 bits per heavy atom. The average Bonchev–Trinajstić information content (AvgIpc) is 3.38. The number of aliphatic hydroxyl groups is 1. The van der Waals surface area contributed by atoms with Gasteiger partial charge >= 0.3 is 0 Å². The molecular formula is C26H22Cl3NO5S. The number of amides is 1. The lowest BCUT2D eigenvalue weighted by molar-refractivity contribution is -0.139. The molecule has 1 fully saturated rings. The van der Waals surface area contributed by atoms with Crippen LogP contribution < -0.4 is 9.47 Å². The smallest absolute Gasteiger partial charge is 0.295 e. The molecule has 1 aromatic heterocycles. The van der Waals surface area contributed by atoms with E-state index in [-0.39, 0.29) is 39.2 Å². The number of carbonyl (C=O) groups excluding carboxylic acids is 2. The molecule has 0 radical (unpaired) electrons. The molecule has 188 valence electrons. The number of benzene rings is 2. The molecule has 36 heavy (non-hydrogen) atoms. The molecule has 0 spiro atoms. The van der Waals surface area contributed by atoms with Crippen molar-refractivity contribution in [2.45, 2.75) is 19.4 Å². The second kappa shape index (κ2) is 10.7. The summed E-state index contributed by atoms with van der Waals surface area (Å²) in [6.45, 7) is 2.15. The van der Waals surface area contributed by atoms with Crippen LogP contribution in [-0.4, -0.2) is 42.5 Å². The van der Waals surface area contributed by atoms with Crippen molar-refractivity contribution in [1.82, 2.24) is 4.90 Å². The first kappa shape index (κ1) is 26.4. The summed E-state index contributed by atoms with van der Waals surface area (Å²) in [6.07, 6.45) is 0.495. The van der Waals surface area contributed by atoms with E-state index in [0.29, 0.717) is 11.4 Å². The van der Waals surface area contributed by atoms with Crippen LogP contribution in [0, 0.1) is 6.92 Å². The third-order valence-electron chi connectivity index (χ3n) is 6.04. The Bertz CT molecular complexity index is 1370. The topological polar surface area (TPSA) is 76.1 Å². The van der Waals surface area contributed by atoms with Crippen molar-refractivity contribution in [2.24, 2.45) is 0 Å². The SMILES string of the molecule is COc1c(Cl)cc(/C(O)=C2\C(=O)C(=O)N(CCc3ccc(Cl)cc3)C2c2sccc2C)c(OC)c1Cl. The number of carbonyl (C=O) groups is 2. The Morgan fingerprint density at radius 1 is 1.06 bits per heavy atom. The molecule has 1 aliphatic rings. The van der Waals surface area contributed by atoms with Crippen molar-refractivity contribution in [2.75, 3.05) is 20.8 Å². The van der Waals surface area contributed by atoms with Crippen molar-refractivity contribution in [3.8, 4) is 11.5 Å². The molecule has 1 N–H and O–H groups in total. The lowest BCUT2D eigenvalue weighted by Gasteiger charge is -2.25. The van der Waals surface area contributed by atoms with Gasteiger partial charge in [-0.1, -0.05) is 46.9 Å². The normalized spacial score (nSPS) is 17.1. The number of methoxy groups -OCH3 is 2. The maximum Gasteiger partial charge on any atom is 0.295 e. The monoisotopic (exact) mass is 565 g/mol. The summed E-state index contributed by atoms with van der Waals surface area (Å²) in [4.78, 5) is 28.8. The highest BCUT2D eigenvalue weighted by atomic mass is 35.5. The third kappa shape index (κ3) is 4.68. The minimum Gasteiger partial charge on any atom is -0.507 e. The zero-order valence-electron chi connectivity index (χ0n) is 19.6. The van der Waals surface area contributed by atoms with Gasteiger partial charge in [0.1, 0.15) is 10.8 Å². The van der Waals surface area contributed by atoms with E-state index in [2.05, 4.69) is 0 Å². The molecule has 2 aromatic carbocycles. The Labute approximate surface area is 227 Å². The minimum atomic E-state index is -0.800. The number of aliphatic hydroxyl groups excluding tert-OH is 1. The standard InChI is InChI=1S/C26H22Cl3NO5S/c1-13-9-11-36-25(13)20-18(21(31)16-12-17(28)24(35-3)19(29)23(16)34-2)22(32)26(33)30(20)10-8-14-4-6-15(27)7-5-14/h4-7,9,11-12,20,31H,8,10H2,1-3H3/b21-18+. The highest BCUT2D eigenvalue weighted by Crippen LogP contribution is 2.48. The van der Waals surface area contributed by atoms with Gasteiger partial charge in [0, 0.05) is 16.4 Å². The molecule has 1 amide bonds. The largest absolute Gasteiger partial charge is 0.507 e. The van der Waals surface area contributed by atoms with Gasteiger partial charge in [0.2, 0.25) is 0 Å². The molecule has 0 bridgehead atoms. The quantitative estimate of drug-likeness (QED) is 0.196. The fraction of sp³-hybridized carbons (Fsp3) is 0.231. The zero-order valence-corrected chi connectivity index (χ0v) is 22.7. The Kier molecular flexibility index (Phi) is 7.85. The predicted molar refractivity (Wildman–Crippen MR) is 143 cm³/mol. The van der Waals surface area contributed by atoms with Gasteiger partial charge in [0.25, 0.3) is 11.7 Å². The summed E-state index contributed by atoms with van der Waals surface area (Å²) in [5, 5.41) is 14.1. The molecule has 4 rings (SSSR count). The highest BCUT2D eigenvalue weighted by molar-refractivity contribution is 7.10. The van der Waals surface area contributed by atoms with Crippen LogP contribution in [0.5, 0.6) is 11.5 Å². The molecule has 1 aliphatic heterocycles. The molecule has 6 nitrogen and oxygen atoms in total. The van der Waals surface area contributed by atoms with Gasteiger partial charge in [-0.2, -0.15) is 0 Å². The van der Waals surface area contributed by atoms with E-state index in [1.54, 1.807) is 12.1 Å². The first-order chi connectivity index (χ1) is 17.2. The van der Waals surface area contributed by atoms with Gasteiger partial charge < -0.3 is 19.5 Å². The summed E-state index contributed by atoms with van der Waals surface area (Å²) < 4.78 is 10.7. The molecule has 10 heteroatoms. The summed E-state index contributed by atoms with van der Waals surface area (Å²) in [5.41, 5.74) is 1.88. The van der Waals surface area contributed by atoms with Gasteiger partial charge in [-0.25, -0.2) is 0 Å². The maximum absolute atomic E-state index is 13.3. The van der Waals surface area contributed by atoms with Gasteiger partial charge in [-0.05, 0) is 54.1 Å². The number of hydrogen-bond donors (Lipinski definition) is 1.